The number of hydrogen-bond donors (Lipinski definition) is 0. The van der Waals surface area contributed by atoms with Gasteiger partial charge in [-0.3, -0.25) is 29.1 Å². The van der Waals surface area contributed by atoms with Crippen molar-refractivity contribution in [1.82, 2.24) is 19.7 Å². The minimum Gasteiger partial charge on any atom is -0.341 e. The summed E-state index contributed by atoms with van der Waals surface area (Å²) in [4.78, 5) is 58.8. The van der Waals surface area contributed by atoms with Gasteiger partial charge in [-0.1, -0.05) is 12.1 Å². The Morgan fingerprint density at radius 1 is 0.871 bits per heavy atom. The number of rotatable bonds is 5. The second-order valence-electron chi connectivity index (χ2n) is 7.68. The smallest absolute Gasteiger partial charge is 0.261 e. The van der Waals surface area contributed by atoms with E-state index in [-0.39, 0.29) is 36.6 Å². The van der Waals surface area contributed by atoms with Crippen LogP contribution < -0.4 is 0 Å². The van der Waals surface area contributed by atoms with Crippen molar-refractivity contribution >= 4 is 23.6 Å². The van der Waals surface area contributed by atoms with Crippen LogP contribution in [-0.2, 0) is 4.79 Å². The third kappa shape index (κ3) is 4.33. The molecule has 8 heteroatoms. The molecule has 3 heterocycles. The number of carbonyl (C=O) groups excluding carboxylic acids is 4. The molecular weight excluding hydrogens is 396 g/mol. The molecule has 4 amide bonds. The fourth-order valence-corrected chi connectivity index (χ4v) is 4.03. The van der Waals surface area contributed by atoms with Gasteiger partial charge in [-0.05, 0) is 37.1 Å². The Morgan fingerprint density at radius 3 is 2.23 bits per heavy atom. The Morgan fingerprint density at radius 2 is 1.55 bits per heavy atom. The standard InChI is InChI=1S/C23H24N4O4/c28-20(9-4-13-27-22(30)18-7-1-2-8-19(18)23(27)31)25-11-5-12-26(15-14-25)21(29)17-6-3-10-24-16-17/h1-3,6-8,10,16H,4-5,9,11-15H2. The summed E-state index contributed by atoms with van der Waals surface area (Å²) < 4.78 is 0. The summed E-state index contributed by atoms with van der Waals surface area (Å²) in [5.74, 6) is -0.694. The third-order valence-electron chi connectivity index (χ3n) is 5.69. The molecule has 0 aliphatic carbocycles. The average molecular weight is 420 g/mol. The maximum Gasteiger partial charge on any atom is 0.261 e. The normalized spacial score (nSPS) is 16.3. The minimum atomic E-state index is -0.299. The molecule has 1 fully saturated rings. The zero-order valence-electron chi connectivity index (χ0n) is 17.2. The van der Waals surface area contributed by atoms with E-state index in [1.54, 1.807) is 58.6 Å². The summed E-state index contributed by atoms with van der Waals surface area (Å²) >= 11 is 0. The van der Waals surface area contributed by atoms with Crippen molar-refractivity contribution in [2.75, 3.05) is 32.7 Å². The predicted molar refractivity (Wildman–Crippen MR) is 112 cm³/mol. The molecule has 31 heavy (non-hydrogen) atoms. The summed E-state index contributed by atoms with van der Waals surface area (Å²) in [5, 5.41) is 0. The lowest BCUT2D eigenvalue weighted by atomic mass is 10.1. The maximum absolute atomic E-state index is 12.7. The van der Waals surface area contributed by atoms with Crippen LogP contribution in [0.2, 0.25) is 0 Å². The molecule has 0 N–H and O–H groups in total. The number of fused-ring (bicyclic) bond motifs is 1. The van der Waals surface area contributed by atoms with E-state index in [1.165, 1.54) is 4.90 Å². The largest absolute Gasteiger partial charge is 0.341 e. The molecule has 0 atom stereocenters. The summed E-state index contributed by atoms with van der Waals surface area (Å²) in [6.07, 6.45) is 4.55. The van der Waals surface area contributed by atoms with Gasteiger partial charge in [-0.25, -0.2) is 0 Å². The molecule has 0 saturated carbocycles. The Labute approximate surface area is 180 Å². The van der Waals surface area contributed by atoms with Gasteiger partial charge in [0.2, 0.25) is 5.91 Å². The summed E-state index contributed by atoms with van der Waals surface area (Å²) in [6, 6.07) is 10.2. The van der Waals surface area contributed by atoms with Gasteiger partial charge in [0.05, 0.1) is 16.7 Å². The lowest BCUT2D eigenvalue weighted by molar-refractivity contribution is -0.131. The van der Waals surface area contributed by atoms with Crippen molar-refractivity contribution in [2.24, 2.45) is 0 Å². The average Bonchev–Trinajstić information content (AvgIpc) is 2.97. The molecule has 1 saturated heterocycles. The lowest BCUT2D eigenvalue weighted by Gasteiger charge is -2.22. The van der Waals surface area contributed by atoms with Gasteiger partial charge in [0.1, 0.15) is 0 Å². The van der Waals surface area contributed by atoms with Gasteiger partial charge in [0.15, 0.2) is 0 Å². The van der Waals surface area contributed by atoms with Crippen LogP contribution in [0.25, 0.3) is 0 Å². The second-order valence-corrected chi connectivity index (χ2v) is 7.68. The number of amides is 4. The predicted octanol–water partition coefficient (Wildman–Crippen LogP) is 1.83. The molecule has 8 nitrogen and oxygen atoms in total. The number of carbonyl (C=O) groups is 4. The van der Waals surface area contributed by atoms with E-state index >= 15 is 0 Å². The van der Waals surface area contributed by atoms with E-state index < -0.39 is 0 Å². The van der Waals surface area contributed by atoms with Crippen molar-refractivity contribution in [3.05, 3.63) is 65.5 Å². The van der Waals surface area contributed by atoms with Crippen LogP contribution in [0.15, 0.2) is 48.8 Å². The monoisotopic (exact) mass is 420 g/mol. The quantitative estimate of drug-likeness (QED) is 0.689. The molecule has 2 aliphatic heterocycles. The third-order valence-corrected chi connectivity index (χ3v) is 5.69. The number of nitrogens with zero attached hydrogens (tertiary/aromatic N) is 4. The van der Waals surface area contributed by atoms with Crippen LogP contribution in [0.3, 0.4) is 0 Å². The van der Waals surface area contributed by atoms with Crippen molar-refractivity contribution in [2.45, 2.75) is 19.3 Å². The van der Waals surface area contributed by atoms with Gasteiger partial charge in [-0.15, -0.1) is 0 Å². The van der Waals surface area contributed by atoms with E-state index in [4.69, 9.17) is 0 Å². The topological polar surface area (TPSA) is 90.9 Å². The summed E-state index contributed by atoms with van der Waals surface area (Å²) in [7, 11) is 0. The van der Waals surface area contributed by atoms with Gasteiger partial charge in [0, 0.05) is 51.5 Å². The van der Waals surface area contributed by atoms with E-state index in [2.05, 4.69) is 4.98 Å². The van der Waals surface area contributed by atoms with E-state index in [0.717, 1.165) is 0 Å². The van der Waals surface area contributed by atoms with Crippen LogP contribution in [0.1, 0.15) is 50.3 Å². The van der Waals surface area contributed by atoms with Gasteiger partial charge in [0.25, 0.3) is 17.7 Å². The molecule has 4 rings (SSSR count). The molecule has 2 aliphatic rings. The number of aromatic nitrogens is 1. The Hall–Kier alpha value is -3.55. The van der Waals surface area contributed by atoms with E-state index in [9.17, 15) is 19.2 Å². The highest BCUT2D eigenvalue weighted by Crippen LogP contribution is 2.22. The Balaban J connectivity index is 1.27. The molecule has 0 unspecified atom stereocenters. The molecule has 160 valence electrons. The zero-order chi connectivity index (χ0) is 21.8. The lowest BCUT2D eigenvalue weighted by Crippen LogP contribution is -2.38. The molecule has 2 aromatic rings. The summed E-state index contributed by atoms with van der Waals surface area (Å²) in [5.41, 5.74) is 1.39. The molecule has 0 radical (unpaired) electrons. The van der Waals surface area contributed by atoms with Crippen molar-refractivity contribution in [3.63, 3.8) is 0 Å². The fourth-order valence-electron chi connectivity index (χ4n) is 4.03. The van der Waals surface area contributed by atoms with Gasteiger partial charge < -0.3 is 9.80 Å². The van der Waals surface area contributed by atoms with Gasteiger partial charge in [-0.2, -0.15) is 0 Å². The number of pyridine rings is 1. The van der Waals surface area contributed by atoms with Crippen LogP contribution in [0, 0.1) is 0 Å². The zero-order valence-corrected chi connectivity index (χ0v) is 17.2. The highest BCUT2D eigenvalue weighted by Gasteiger charge is 2.34. The molecule has 0 bridgehead atoms. The molecular formula is C23H24N4O4. The van der Waals surface area contributed by atoms with Crippen LogP contribution in [-0.4, -0.2) is 76.0 Å². The highest BCUT2D eigenvalue weighted by atomic mass is 16.2. The Kier molecular flexibility index (Phi) is 6.06. The van der Waals surface area contributed by atoms with Crippen molar-refractivity contribution in [1.29, 1.82) is 0 Å². The van der Waals surface area contributed by atoms with Gasteiger partial charge >= 0.3 is 0 Å². The first-order valence-electron chi connectivity index (χ1n) is 10.5. The van der Waals surface area contributed by atoms with E-state index in [1.807, 2.05) is 0 Å². The SMILES string of the molecule is O=C(CCCN1C(=O)c2ccccc2C1=O)N1CCCN(C(=O)c2cccnc2)CC1. The van der Waals surface area contributed by atoms with Crippen LogP contribution in [0.5, 0.6) is 0 Å². The Bertz CT molecular complexity index is 973. The molecule has 1 aromatic carbocycles. The van der Waals surface area contributed by atoms with Crippen LogP contribution >= 0.6 is 0 Å². The van der Waals surface area contributed by atoms with Crippen molar-refractivity contribution < 1.29 is 19.2 Å². The van der Waals surface area contributed by atoms with E-state index in [0.29, 0.717) is 55.7 Å². The first-order chi connectivity index (χ1) is 15.1. The number of hydrogen-bond acceptors (Lipinski definition) is 5. The maximum atomic E-state index is 12.7. The minimum absolute atomic E-state index is 0.0210. The highest BCUT2D eigenvalue weighted by molar-refractivity contribution is 6.21. The van der Waals surface area contributed by atoms with Crippen molar-refractivity contribution in [3.8, 4) is 0 Å². The first kappa shape index (κ1) is 20.7. The second kappa shape index (κ2) is 9.07. The number of imide groups is 1. The van der Waals surface area contributed by atoms with Crippen LogP contribution in [0.4, 0.5) is 0 Å². The molecule has 1 aromatic heterocycles. The summed E-state index contributed by atoms with van der Waals surface area (Å²) in [6.45, 7) is 2.34. The first-order valence-corrected chi connectivity index (χ1v) is 10.5. The number of benzene rings is 1. The molecule has 0 spiro atoms. The fraction of sp³-hybridized carbons (Fsp3) is 0.348.